The number of hydrogen-bond acceptors (Lipinski definition) is 3. The maximum absolute atomic E-state index is 12.0. The van der Waals surface area contributed by atoms with E-state index in [1.54, 1.807) is 0 Å². The summed E-state index contributed by atoms with van der Waals surface area (Å²) in [6, 6.07) is 0.912. The Morgan fingerprint density at radius 3 is 2.61 bits per heavy atom. The summed E-state index contributed by atoms with van der Waals surface area (Å²) in [4.78, 5) is 14.6. The van der Waals surface area contributed by atoms with Crippen LogP contribution in [-0.4, -0.2) is 53.9 Å². The van der Waals surface area contributed by atoms with Crippen molar-refractivity contribution in [3.63, 3.8) is 0 Å². The van der Waals surface area contributed by atoms with Gasteiger partial charge in [0, 0.05) is 25.2 Å². The summed E-state index contributed by atoms with van der Waals surface area (Å²) in [5, 5.41) is 15.8. The topological polar surface area (TPSA) is 64.6 Å². The molecule has 0 aromatic rings. The highest BCUT2D eigenvalue weighted by Gasteiger charge is 2.27. The van der Waals surface area contributed by atoms with Crippen LogP contribution in [0.15, 0.2) is 0 Å². The standard InChI is InChI=1S/C18H35N3O2/c1-14(2)17(22)10-11-19-18(23)20-15-7-6-12-21(13-15)16-8-4-3-5-9-16/h14-17,22H,3-13H2,1-2H3,(H2,19,20,23). The summed E-state index contributed by atoms with van der Waals surface area (Å²) >= 11 is 0. The molecule has 0 aromatic carbocycles. The number of rotatable bonds is 6. The lowest BCUT2D eigenvalue weighted by Crippen LogP contribution is -2.53. The van der Waals surface area contributed by atoms with Crippen LogP contribution in [-0.2, 0) is 0 Å². The number of nitrogens with zero attached hydrogens (tertiary/aromatic N) is 1. The molecule has 2 amide bonds. The molecule has 0 aromatic heterocycles. The zero-order chi connectivity index (χ0) is 16.7. The molecule has 2 rings (SSSR count). The third-order valence-electron chi connectivity index (χ3n) is 5.37. The van der Waals surface area contributed by atoms with E-state index >= 15 is 0 Å². The quantitative estimate of drug-likeness (QED) is 0.703. The Morgan fingerprint density at radius 2 is 1.91 bits per heavy atom. The molecule has 0 radical (unpaired) electrons. The van der Waals surface area contributed by atoms with Crippen LogP contribution in [0.1, 0.15) is 65.2 Å². The average molecular weight is 325 g/mol. The van der Waals surface area contributed by atoms with Crippen LogP contribution in [0.3, 0.4) is 0 Å². The number of aliphatic hydroxyl groups excluding tert-OH is 1. The van der Waals surface area contributed by atoms with E-state index in [4.69, 9.17) is 0 Å². The molecule has 5 nitrogen and oxygen atoms in total. The first kappa shape index (κ1) is 18.5. The zero-order valence-corrected chi connectivity index (χ0v) is 14.9. The fourth-order valence-electron chi connectivity index (χ4n) is 3.81. The number of amides is 2. The van der Waals surface area contributed by atoms with Crippen LogP contribution in [0.5, 0.6) is 0 Å². The second-order valence-electron chi connectivity index (χ2n) is 7.63. The fourth-order valence-corrected chi connectivity index (χ4v) is 3.81. The molecule has 2 fully saturated rings. The maximum Gasteiger partial charge on any atom is 0.315 e. The van der Waals surface area contributed by atoms with Crippen molar-refractivity contribution in [1.29, 1.82) is 0 Å². The van der Waals surface area contributed by atoms with Gasteiger partial charge >= 0.3 is 6.03 Å². The first-order valence-corrected chi connectivity index (χ1v) is 9.52. The largest absolute Gasteiger partial charge is 0.393 e. The second-order valence-corrected chi connectivity index (χ2v) is 7.63. The maximum atomic E-state index is 12.0. The number of carbonyl (C=O) groups is 1. The van der Waals surface area contributed by atoms with Crippen LogP contribution >= 0.6 is 0 Å². The number of hydrogen-bond donors (Lipinski definition) is 3. The van der Waals surface area contributed by atoms with Gasteiger partial charge < -0.3 is 15.7 Å². The normalized spacial score (nSPS) is 25.3. The van der Waals surface area contributed by atoms with Gasteiger partial charge in [-0.25, -0.2) is 4.79 Å². The lowest BCUT2D eigenvalue weighted by atomic mass is 9.92. The van der Waals surface area contributed by atoms with Crippen molar-refractivity contribution in [3.8, 4) is 0 Å². The van der Waals surface area contributed by atoms with Gasteiger partial charge in [0.1, 0.15) is 0 Å². The van der Waals surface area contributed by atoms with E-state index in [0.717, 1.165) is 19.0 Å². The van der Waals surface area contributed by atoms with E-state index in [0.29, 0.717) is 13.0 Å². The predicted octanol–water partition coefficient (Wildman–Crippen LogP) is 2.49. The van der Waals surface area contributed by atoms with E-state index in [9.17, 15) is 9.90 Å². The van der Waals surface area contributed by atoms with Crippen LogP contribution < -0.4 is 10.6 Å². The highest BCUT2D eigenvalue weighted by Crippen LogP contribution is 2.25. The summed E-state index contributed by atoms with van der Waals surface area (Å²) in [6.45, 7) is 6.70. The number of piperidine rings is 1. The predicted molar refractivity (Wildman–Crippen MR) is 93.5 cm³/mol. The van der Waals surface area contributed by atoms with Gasteiger partial charge in [0.25, 0.3) is 0 Å². The molecule has 0 spiro atoms. The first-order valence-electron chi connectivity index (χ1n) is 9.52. The van der Waals surface area contributed by atoms with Crippen LogP contribution in [0, 0.1) is 5.92 Å². The van der Waals surface area contributed by atoms with E-state index in [1.807, 2.05) is 13.8 Å². The Balaban J connectivity index is 1.66. The minimum atomic E-state index is -0.341. The van der Waals surface area contributed by atoms with E-state index in [-0.39, 0.29) is 24.1 Å². The van der Waals surface area contributed by atoms with Crippen LogP contribution in [0.2, 0.25) is 0 Å². The first-order chi connectivity index (χ1) is 11.1. The van der Waals surface area contributed by atoms with Gasteiger partial charge in [-0.1, -0.05) is 33.1 Å². The molecule has 2 aliphatic rings. The molecule has 2 unspecified atom stereocenters. The summed E-state index contributed by atoms with van der Waals surface area (Å²) in [7, 11) is 0. The van der Waals surface area contributed by atoms with Gasteiger partial charge in [0.15, 0.2) is 0 Å². The molecule has 2 atom stereocenters. The Hall–Kier alpha value is -0.810. The molecule has 5 heteroatoms. The van der Waals surface area contributed by atoms with Gasteiger partial charge in [0.2, 0.25) is 0 Å². The highest BCUT2D eigenvalue weighted by molar-refractivity contribution is 5.74. The van der Waals surface area contributed by atoms with Crippen molar-refractivity contribution in [3.05, 3.63) is 0 Å². The van der Waals surface area contributed by atoms with Gasteiger partial charge in [-0.3, -0.25) is 4.90 Å². The van der Waals surface area contributed by atoms with Crippen LogP contribution in [0.4, 0.5) is 4.79 Å². The third-order valence-corrected chi connectivity index (χ3v) is 5.37. The van der Waals surface area contributed by atoms with Gasteiger partial charge in [-0.05, 0) is 44.6 Å². The molecule has 134 valence electrons. The summed E-state index contributed by atoms with van der Waals surface area (Å²) in [6.07, 6.45) is 9.28. The molecule has 0 bridgehead atoms. The number of urea groups is 1. The van der Waals surface area contributed by atoms with E-state index in [1.165, 1.54) is 45.1 Å². The Labute approximate surface area is 141 Å². The molecular formula is C18H35N3O2. The lowest BCUT2D eigenvalue weighted by Gasteiger charge is -2.40. The molecule has 1 saturated carbocycles. The average Bonchev–Trinajstić information content (AvgIpc) is 2.55. The number of carbonyl (C=O) groups excluding carboxylic acids is 1. The Bertz CT molecular complexity index is 356. The molecule has 1 aliphatic heterocycles. The summed E-state index contributed by atoms with van der Waals surface area (Å²) < 4.78 is 0. The minimum Gasteiger partial charge on any atom is -0.393 e. The molecule has 1 saturated heterocycles. The SMILES string of the molecule is CC(C)C(O)CCNC(=O)NC1CCCN(C2CCCCC2)C1. The smallest absolute Gasteiger partial charge is 0.315 e. The van der Waals surface area contributed by atoms with Crippen molar-refractivity contribution in [2.24, 2.45) is 5.92 Å². The molecule has 1 aliphatic carbocycles. The van der Waals surface area contributed by atoms with E-state index < -0.39 is 0 Å². The molecule has 3 N–H and O–H groups in total. The van der Waals surface area contributed by atoms with Crippen molar-refractivity contribution >= 4 is 6.03 Å². The molecule has 1 heterocycles. The van der Waals surface area contributed by atoms with Crippen molar-refractivity contribution in [1.82, 2.24) is 15.5 Å². The lowest BCUT2D eigenvalue weighted by molar-refractivity contribution is 0.110. The minimum absolute atomic E-state index is 0.0866. The van der Waals surface area contributed by atoms with E-state index in [2.05, 4.69) is 15.5 Å². The Morgan fingerprint density at radius 1 is 1.17 bits per heavy atom. The number of aliphatic hydroxyl groups is 1. The molecule has 23 heavy (non-hydrogen) atoms. The molecular weight excluding hydrogens is 290 g/mol. The van der Waals surface area contributed by atoms with Crippen LogP contribution in [0.25, 0.3) is 0 Å². The fraction of sp³-hybridized carbons (Fsp3) is 0.944. The van der Waals surface area contributed by atoms with Crippen molar-refractivity contribution in [2.75, 3.05) is 19.6 Å². The highest BCUT2D eigenvalue weighted by atomic mass is 16.3. The third kappa shape index (κ3) is 6.30. The monoisotopic (exact) mass is 325 g/mol. The van der Waals surface area contributed by atoms with Gasteiger partial charge in [0.05, 0.1) is 6.10 Å². The van der Waals surface area contributed by atoms with Gasteiger partial charge in [-0.2, -0.15) is 0 Å². The Kier molecular flexibility index (Phi) is 7.63. The number of likely N-dealkylation sites (tertiary alicyclic amines) is 1. The zero-order valence-electron chi connectivity index (χ0n) is 14.9. The summed E-state index contributed by atoms with van der Waals surface area (Å²) in [5.41, 5.74) is 0. The van der Waals surface area contributed by atoms with Gasteiger partial charge in [-0.15, -0.1) is 0 Å². The van der Waals surface area contributed by atoms with Crippen molar-refractivity contribution in [2.45, 2.75) is 83.4 Å². The summed E-state index contributed by atoms with van der Waals surface area (Å²) in [5.74, 6) is 0.238. The van der Waals surface area contributed by atoms with Crippen molar-refractivity contribution < 1.29 is 9.90 Å². The second kappa shape index (κ2) is 9.48. The number of nitrogens with one attached hydrogen (secondary N) is 2.